The fourth-order valence-electron chi connectivity index (χ4n) is 2.90. The highest BCUT2D eigenvalue weighted by atomic mass is 35.5. The van der Waals surface area contributed by atoms with Gasteiger partial charge in [-0.1, -0.05) is 32.4 Å². The maximum absolute atomic E-state index is 10.2. The van der Waals surface area contributed by atoms with Crippen molar-refractivity contribution < 1.29 is 5.11 Å². The Labute approximate surface area is 144 Å². The number of piperazine rings is 1. The Balaban J connectivity index is 0.00000200. The van der Waals surface area contributed by atoms with Crippen LogP contribution in [0.1, 0.15) is 32.4 Å². The molecule has 1 saturated heterocycles. The highest BCUT2D eigenvalue weighted by Crippen LogP contribution is 2.42. The van der Waals surface area contributed by atoms with Crippen LogP contribution >= 0.6 is 36.4 Å². The van der Waals surface area contributed by atoms with Crippen molar-refractivity contribution in [3.63, 3.8) is 0 Å². The number of hydrogen-bond acceptors (Lipinski definition) is 3. The molecule has 1 atom stereocenters. The number of halogens is 3. The molecule has 0 aliphatic carbocycles. The lowest BCUT2D eigenvalue weighted by molar-refractivity contribution is 0.0842. The minimum Gasteiger partial charge on any atom is -0.508 e. The molecule has 0 amide bonds. The van der Waals surface area contributed by atoms with Gasteiger partial charge in [-0.2, -0.15) is 0 Å². The van der Waals surface area contributed by atoms with E-state index in [1.54, 1.807) is 12.1 Å². The van der Waals surface area contributed by atoms with Crippen molar-refractivity contribution in [2.45, 2.75) is 26.8 Å². The van der Waals surface area contributed by atoms with Gasteiger partial charge in [0.25, 0.3) is 0 Å². The zero-order chi connectivity index (χ0) is 14.0. The molecule has 1 aromatic rings. The maximum Gasteiger partial charge on any atom is 0.120 e. The first-order valence-corrected chi connectivity index (χ1v) is 7.20. The first-order valence-electron chi connectivity index (χ1n) is 6.83. The normalized spacial score (nSPS) is 17.5. The van der Waals surface area contributed by atoms with Crippen LogP contribution in [0.4, 0.5) is 0 Å². The fraction of sp³-hybridized carbons (Fsp3) is 0.600. The molecule has 122 valence electrons. The van der Waals surface area contributed by atoms with Crippen LogP contribution < -0.4 is 5.32 Å². The second-order valence-electron chi connectivity index (χ2n) is 6.26. The van der Waals surface area contributed by atoms with E-state index in [4.69, 9.17) is 11.6 Å². The Morgan fingerprint density at radius 3 is 2.29 bits per heavy atom. The van der Waals surface area contributed by atoms with Crippen molar-refractivity contribution in [3.05, 3.63) is 28.8 Å². The van der Waals surface area contributed by atoms with Gasteiger partial charge in [0.15, 0.2) is 0 Å². The van der Waals surface area contributed by atoms with Crippen LogP contribution in [0.25, 0.3) is 0 Å². The van der Waals surface area contributed by atoms with E-state index in [-0.39, 0.29) is 36.3 Å². The standard InChI is InChI=1S/C15H23ClN2O.2ClH/c1-15(2,3)14(18-8-6-17-7-9-18)12-10-11(16)4-5-13(12)19;;/h4-5,10,14,17,19H,6-9H2,1-3H3;2*1H/t14-;;/m0../s1. The molecule has 21 heavy (non-hydrogen) atoms. The number of aromatic hydroxyl groups is 1. The smallest absolute Gasteiger partial charge is 0.120 e. The largest absolute Gasteiger partial charge is 0.508 e. The van der Waals surface area contributed by atoms with E-state index in [2.05, 4.69) is 31.0 Å². The van der Waals surface area contributed by atoms with Gasteiger partial charge in [-0.3, -0.25) is 4.90 Å². The number of nitrogens with zero attached hydrogens (tertiary/aromatic N) is 1. The lowest BCUT2D eigenvalue weighted by Gasteiger charge is -2.42. The predicted molar refractivity (Wildman–Crippen MR) is 94.3 cm³/mol. The third-order valence-corrected chi connectivity index (χ3v) is 3.86. The number of benzene rings is 1. The molecule has 0 radical (unpaired) electrons. The number of phenolic OH excluding ortho intramolecular Hbond substituents is 1. The number of nitrogens with one attached hydrogen (secondary N) is 1. The summed E-state index contributed by atoms with van der Waals surface area (Å²) in [5.41, 5.74) is 0.973. The molecule has 6 heteroatoms. The topological polar surface area (TPSA) is 35.5 Å². The molecule has 1 aliphatic rings. The van der Waals surface area contributed by atoms with E-state index >= 15 is 0 Å². The minimum atomic E-state index is 0. The average molecular weight is 356 g/mol. The van der Waals surface area contributed by atoms with E-state index in [0.29, 0.717) is 10.8 Å². The van der Waals surface area contributed by atoms with E-state index in [9.17, 15) is 5.11 Å². The number of phenols is 1. The Morgan fingerprint density at radius 2 is 1.76 bits per heavy atom. The van der Waals surface area contributed by atoms with Crippen molar-refractivity contribution in [1.82, 2.24) is 10.2 Å². The highest BCUT2D eigenvalue weighted by Gasteiger charge is 2.34. The first-order chi connectivity index (χ1) is 8.89. The van der Waals surface area contributed by atoms with Crippen molar-refractivity contribution in [1.29, 1.82) is 0 Å². The molecule has 1 aliphatic heterocycles. The summed E-state index contributed by atoms with van der Waals surface area (Å²) in [6.07, 6.45) is 0. The summed E-state index contributed by atoms with van der Waals surface area (Å²) in [4.78, 5) is 2.43. The molecule has 2 N–H and O–H groups in total. The molecule has 2 rings (SSSR count). The van der Waals surface area contributed by atoms with Crippen molar-refractivity contribution in [2.24, 2.45) is 5.41 Å². The van der Waals surface area contributed by atoms with E-state index in [0.717, 1.165) is 31.7 Å². The van der Waals surface area contributed by atoms with Gasteiger partial charge in [-0.25, -0.2) is 0 Å². The zero-order valence-electron chi connectivity index (χ0n) is 12.7. The summed E-state index contributed by atoms with van der Waals surface area (Å²) in [6.45, 7) is 10.6. The molecule has 0 aromatic heterocycles. The van der Waals surface area contributed by atoms with Gasteiger partial charge >= 0.3 is 0 Å². The van der Waals surface area contributed by atoms with Crippen molar-refractivity contribution in [2.75, 3.05) is 26.2 Å². The van der Waals surface area contributed by atoms with Crippen LogP contribution in [-0.4, -0.2) is 36.2 Å². The average Bonchev–Trinajstić information content (AvgIpc) is 2.33. The third-order valence-electron chi connectivity index (χ3n) is 3.62. The number of rotatable bonds is 2. The van der Waals surface area contributed by atoms with E-state index < -0.39 is 0 Å². The lowest BCUT2D eigenvalue weighted by atomic mass is 9.80. The van der Waals surface area contributed by atoms with Crippen LogP contribution in [0.2, 0.25) is 5.02 Å². The quantitative estimate of drug-likeness (QED) is 0.845. The molecule has 1 aromatic carbocycles. The molecule has 1 heterocycles. The van der Waals surface area contributed by atoms with Crippen LogP contribution in [0, 0.1) is 5.41 Å². The van der Waals surface area contributed by atoms with Crippen molar-refractivity contribution in [3.8, 4) is 5.75 Å². The molecule has 3 nitrogen and oxygen atoms in total. The second-order valence-corrected chi connectivity index (χ2v) is 6.69. The van der Waals surface area contributed by atoms with Gasteiger partial charge in [0.2, 0.25) is 0 Å². The molecule has 0 spiro atoms. The van der Waals surface area contributed by atoms with Gasteiger partial charge in [-0.15, -0.1) is 24.8 Å². The Kier molecular flexibility index (Phi) is 8.37. The summed E-state index contributed by atoms with van der Waals surface area (Å²) in [5, 5.41) is 14.2. The summed E-state index contributed by atoms with van der Waals surface area (Å²) in [5.74, 6) is 0.336. The van der Waals surface area contributed by atoms with Gasteiger partial charge in [-0.05, 0) is 23.6 Å². The van der Waals surface area contributed by atoms with Crippen LogP contribution in [0.5, 0.6) is 5.75 Å². The summed E-state index contributed by atoms with van der Waals surface area (Å²) in [6, 6.07) is 5.50. The lowest BCUT2D eigenvalue weighted by Crippen LogP contribution is -2.48. The van der Waals surface area contributed by atoms with E-state index in [1.807, 2.05) is 6.07 Å². The predicted octanol–water partition coefficient (Wildman–Crippen LogP) is 3.88. The summed E-state index contributed by atoms with van der Waals surface area (Å²) < 4.78 is 0. The van der Waals surface area contributed by atoms with Crippen LogP contribution in [0.15, 0.2) is 18.2 Å². The number of hydrogen-bond donors (Lipinski definition) is 2. The molecule has 1 fully saturated rings. The SMILES string of the molecule is CC(C)(C)[C@H](c1cc(Cl)ccc1O)N1CCNCC1.Cl.Cl. The second kappa shape index (κ2) is 8.44. The first kappa shape index (κ1) is 20.8. The highest BCUT2D eigenvalue weighted by molar-refractivity contribution is 6.30. The Hall–Kier alpha value is -0.190. The maximum atomic E-state index is 10.2. The molecular weight excluding hydrogens is 331 g/mol. The van der Waals surface area contributed by atoms with Crippen LogP contribution in [-0.2, 0) is 0 Å². The van der Waals surface area contributed by atoms with Gasteiger partial charge in [0.05, 0.1) is 0 Å². The molecular formula is C15H25Cl3N2O. The molecule has 0 unspecified atom stereocenters. The summed E-state index contributed by atoms with van der Waals surface area (Å²) in [7, 11) is 0. The van der Waals surface area contributed by atoms with Crippen molar-refractivity contribution >= 4 is 36.4 Å². The van der Waals surface area contributed by atoms with Gasteiger partial charge < -0.3 is 10.4 Å². The molecule has 0 bridgehead atoms. The fourth-order valence-corrected chi connectivity index (χ4v) is 3.08. The Bertz CT molecular complexity index is 443. The molecule has 0 saturated carbocycles. The van der Waals surface area contributed by atoms with E-state index in [1.165, 1.54) is 0 Å². The Morgan fingerprint density at radius 1 is 1.19 bits per heavy atom. The van der Waals surface area contributed by atoms with Crippen LogP contribution in [0.3, 0.4) is 0 Å². The third kappa shape index (κ3) is 5.19. The minimum absolute atomic E-state index is 0. The summed E-state index contributed by atoms with van der Waals surface area (Å²) >= 11 is 6.11. The van der Waals surface area contributed by atoms with Gasteiger partial charge in [0, 0.05) is 42.8 Å². The van der Waals surface area contributed by atoms with Gasteiger partial charge in [0.1, 0.15) is 5.75 Å². The zero-order valence-corrected chi connectivity index (χ0v) is 15.1. The monoisotopic (exact) mass is 354 g/mol.